The molecule has 0 amide bonds. The van der Waals surface area contributed by atoms with Gasteiger partial charge in [-0.25, -0.2) is 0 Å². The molecule has 13 heavy (non-hydrogen) atoms. The van der Waals surface area contributed by atoms with E-state index in [2.05, 4.69) is 16.3 Å². The monoisotopic (exact) mass is 217 g/mol. The first kappa shape index (κ1) is 10.3. The van der Waals surface area contributed by atoms with Gasteiger partial charge in [0.05, 0.1) is 0 Å². The van der Waals surface area contributed by atoms with Crippen molar-refractivity contribution in [1.29, 1.82) is 5.41 Å². The van der Waals surface area contributed by atoms with Crippen LogP contribution in [0, 0.1) is 5.41 Å². The van der Waals surface area contributed by atoms with Crippen LogP contribution in [0.1, 0.15) is 5.56 Å². The summed E-state index contributed by atoms with van der Waals surface area (Å²) < 4.78 is 4.44. The van der Waals surface area contributed by atoms with E-state index < -0.39 is 6.72 Å². The van der Waals surface area contributed by atoms with Crippen LogP contribution in [0.5, 0.6) is 0 Å². The summed E-state index contributed by atoms with van der Waals surface area (Å²) in [7, 11) is 0. The van der Waals surface area contributed by atoms with E-state index in [0.717, 1.165) is 0 Å². The number of rotatable bonds is 2. The first-order valence-electron chi connectivity index (χ1n) is 3.38. The van der Waals surface area contributed by atoms with Crippen LogP contribution in [0.25, 0.3) is 0 Å². The average molecular weight is 217 g/mol. The lowest BCUT2D eigenvalue weighted by Crippen LogP contribution is -2.02. The molecule has 1 rings (SSSR count). The number of benzene rings is 1. The summed E-state index contributed by atoms with van der Waals surface area (Å²) in [6.07, 6.45) is 0. The molecule has 0 bridgehead atoms. The highest BCUT2D eigenvalue weighted by atomic mass is 32.5. The number of nitrogens with one attached hydrogen (secondary N) is 1. The van der Waals surface area contributed by atoms with Crippen molar-refractivity contribution in [2.75, 3.05) is 0 Å². The molecule has 0 aromatic heterocycles. The van der Waals surface area contributed by atoms with E-state index in [9.17, 15) is 0 Å². The van der Waals surface area contributed by atoms with Crippen LogP contribution in [0.3, 0.4) is 0 Å². The van der Waals surface area contributed by atoms with Gasteiger partial charge in [0.25, 0.3) is 0 Å². The molecule has 0 aliphatic rings. The molecule has 1 aromatic carbocycles. The summed E-state index contributed by atoms with van der Waals surface area (Å²) in [6, 6.07) is 8.45. The van der Waals surface area contributed by atoms with E-state index in [4.69, 9.17) is 15.2 Å². The highest BCUT2D eigenvalue weighted by Crippen LogP contribution is 2.37. The van der Waals surface area contributed by atoms with Crippen LogP contribution in [-0.2, 0) is 16.3 Å². The van der Waals surface area contributed by atoms with Crippen LogP contribution < -0.4 is 0 Å². The molecule has 0 saturated carbocycles. The number of hydrogen-bond acceptors (Lipinski definition) is 3. The van der Waals surface area contributed by atoms with Gasteiger partial charge in [0.1, 0.15) is 0 Å². The molecule has 0 fully saturated rings. The maximum Gasteiger partial charge on any atom is 0.376 e. The summed E-state index contributed by atoms with van der Waals surface area (Å²) >= 11 is 4.22. The van der Waals surface area contributed by atoms with E-state index >= 15 is 0 Å². The molecule has 0 heterocycles. The van der Waals surface area contributed by atoms with Crippen molar-refractivity contribution in [2.24, 2.45) is 0 Å². The molecule has 0 spiro atoms. The molecule has 0 aliphatic heterocycles. The SMILES string of the molecule is N=C(OP(O)(O)=S)c1ccccc1. The second-order valence-electron chi connectivity index (χ2n) is 2.28. The van der Waals surface area contributed by atoms with Gasteiger partial charge in [-0.15, -0.1) is 0 Å². The molecule has 0 radical (unpaired) electrons. The molecule has 3 N–H and O–H groups in total. The molecule has 0 saturated heterocycles. The Labute approximate surface area is 80.6 Å². The molecule has 6 heteroatoms. The zero-order valence-corrected chi connectivity index (χ0v) is 8.26. The van der Waals surface area contributed by atoms with Crippen molar-refractivity contribution in [3.05, 3.63) is 35.9 Å². The normalized spacial score (nSPS) is 10.9. The minimum atomic E-state index is -3.78. The Morgan fingerprint density at radius 2 is 1.85 bits per heavy atom. The molecule has 70 valence electrons. The molecular weight excluding hydrogens is 209 g/mol. The van der Waals surface area contributed by atoms with Crippen molar-refractivity contribution < 1.29 is 14.3 Å². The van der Waals surface area contributed by atoms with Crippen molar-refractivity contribution in [2.45, 2.75) is 0 Å². The summed E-state index contributed by atoms with van der Waals surface area (Å²) in [4.78, 5) is 17.5. The minimum absolute atomic E-state index is 0.325. The van der Waals surface area contributed by atoms with E-state index in [1.165, 1.54) is 0 Å². The first-order valence-corrected chi connectivity index (χ1v) is 6.01. The van der Waals surface area contributed by atoms with Crippen LogP contribution >= 0.6 is 6.72 Å². The van der Waals surface area contributed by atoms with Gasteiger partial charge in [-0.3, -0.25) is 5.41 Å². The highest BCUT2D eigenvalue weighted by Gasteiger charge is 2.13. The Bertz CT molecular complexity index is 348. The molecule has 0 aliphatic carbocycles. The van der Waals surface area contributed by atoms with Gasteiger partial charge in [-0.1, -0.05) is 18.2 Å². The zero-order chi connectivity index (χ0) is 9.90. The van der Waals surface area contributed by atoms with Gasteiger partial charge in [0.15, 0.2) is 0 Å². The highest BCUT2D eigenvalue weighted by molar-refractivity contribution is 8.06. The minimum Gasteiger partial charge on any atom is -0.406 e. The van der Waals surface area contributed by atoms with Gasteiger partial charge < -0.3 is 14.3 Å². The van der Waals surface area contributed by atoms with Crippen molar-refractivity contribution >= 4 is 24.4 Å². The second kappa shape index (κ2) is 3.98. The Balaban J connectivity index is 2.76. The largest absolute Gasteiger partial charge is 0.406 e. The lowest BCUT2D eigenvalue weighted by Gasteiger charge is -2.10. The van der Waals surface area contributed by atoms with Crippen LogP contribution in [-0.4, -0.2) is 15.7 Å². The average Bonchev–Trinajstić information content (AvgIpc) is 2.03. The van der Waals surface area contributed by atoms with Gasteiger partial charge in [0, 0.05) is 17.4 Å². The summed E-state index contributed by atoms with van der Waals surface area (Å²) in [6.45, 7) is -3.78. The van der Waals surface area contributed by atoms with E-state index in [0.29, 0.717) is 5.56 Å². The Kier molecular flexibility index (Phi) is 3.17. The van der Waals surface area contributed by atoms with Crippen LogP contribution in [0.4, 0.5) is 0 Å². The fraction of sp³-hybridized carbons (Fsp3) is 0. The van der Waals surface area contributed by atoms with Crippen molar-refractivity contribution in [3.63, 3.8) is 0 Å². The summed E-state index contributed by atoms with van der Waals surface area (Å²) in [5, 5.41) is 7.30. The Morgan fingerprint density at radius 3 is 2.31 bits per heavy atom. The Morgan fingerprint density at radius 1 is 1.31 bits per heavy atom. The molecule has 4 nitrogen and oxygen atoms in total. The van der Waals surface area contributed by atoms with Crippen molar-refractivity contribution in [3.8, 4) is 0 Å². The van der Waals surface area contributed by atoms with Crippen molar-refractivity contribution in [1.82, 2.24) is 0 Å². The lowest BCUT2D eigenvalue weighted by atomic mass is 10.2. The van der Waals surface area contributed by atoms with Crippen LogP contribution in [0.2, 0.25) is 0 Å². The topological polar surface area (TPSA) is 73.5 Å². The van der Waals surface area contributed by atoms with E-state index in [1.807, 2.05) is 0 Å². The third-order valence-electron chi connectivity index (χ3n) is 1.25. The van der Waals surface area contributed by atoms with Gasteiger partial charge in [-0.05, 0) is 12.1 Å². The lowest BCUT2D eigenvalue weighted by molar-refractivity contribution is 0.365. The quantitative estimate of drug-likeness (QED) is 0.396. The van der Waals surface area contributed by atoms with Gasteiger partial charge in [0.2, 0.25) is 5.90 Å². The Hall–Kier alpha value is -0.740. The van der Waals surface area contributed by atoms with E-state index in [-0.39, 0.29) is 5.90 Å². The van der Waals surface area contributed by atoms with E-state index in [1.54, 1.807) is 30.3 Å². The molecule has 0 atom stereocenters. The first-order chi connectivity index (χ1) is 5.99. The van der Waals surface area contributed by atoms with Gasteiger partial charge in [-0.2, -0.15) is 0 Å². The molecular formula is C7H8NO3PS. The molecule has 0 unspecified atom stereocenters. The zero-order valence-electron chi connectivity index (χ0n) is 6.54. The third kappa shape index (κ3) is 3.65. The number of hydrogen-bond donors (Lipinski definition) is 3. The summed E-state index contributed by atoms with van der Waals surface area (Å²) in [5.41, 5.74) is 0.458. The van der Waals surface area contributed by atoms with Gasteiger partial charge >= 0.3 is 6.72 Å². The predicted molar refractivity (Wildman–Crippen MR) is 53.1 cm³/mol. The standard InChI is InChI=1S/C7H8NO3PS/c8-7(11-12(9,10)13)6-4-2-1-3-5-6/h1-5,8H,(H2,9,10,13). The predicted octanol–water partition coefficient (Wildman–Crippen LogP) is 1.24. The maximum absolute atomic E-state index is 8.77. The maximum atomic E-state index is 8.77. The fourth-order valence-corrected chi connectivity index (χ4v) is 1.33. The summed E-state index contributed by atoms with van der Waals surface area (Å²) in [5.74, 6) is -0.325. The second-order valence-corrected chi connectivity index (χ2v) is 4.87. The smallest absolute Gasteiger partial charge is 0.376 e. The molecule has 1 aromatic rings. The third-order valence-corrected chi connectivity index (χ3v) is 1.89. The van der Waals surface area contributed by atoms with Crippen LogP contribution in [0.15, 0.2) is 30.3 Å². The fourth-order valence-electron chi connectivity index (χ4n) is 0.761.